The van der Waals surface area contributed by atoms with Crippen molar-refractivity contribution in [3.05, 3.63) is 71.3 Å². The molecule has 3 N–H and O–H groups in total. The normalized spacial score (nSPS) is 14.7. The molecule has 2 aromatic rings. The summed E-state index contributed by atoms with van der Waals surface area (Å²) in [6, 6.07) is 12.5. The second-order valence-electron chi connectivity index (χ2n) is 9.18. The van der Waals surface area contributed by atoms with E-state index in [0.29, 0.717) is 5.56 Å². The number of hydrogen-bond donors (Lipinski definition) is 3. The first-order valence-electron chi connectivity index (χ1n) is 10.8. The molecule has 0 unspecified atom stereocenters. The lowest BCUT2D eigenvalue weighted by Gasteiger charge is -2.28. The number of alkyl halides is 3. The van der Waals surface area contributed by atoms with Crippen molar-refractivity contribution in [2.24, 2.45) is 5.92 Å². The van der Waals surface area contributed by atoms with E-state index in [1.807, 2.05) is 18.2 Å². The van der Waals surface area contributed by atoms with Crippen LogP contribution in [0.25, 0.3) is 0 Å². The van der Waals surface area contributed by atoms with Gasteiger partial charge in [-0.15, -0.1) is 0 Å². The Morgan fingerprint density at radius 1 is 0.941 bits per heavy atom. The number of nitrogens with one attached hydrogen (secondary N) is 1. The van der Waals surface area contributed by atoms with E-state index >= 15 is 0 Å². The van der Waals surface area contributed by atoms with Crippen LogP contribution in [0, 0.1) is 5.92 Å². The topological polar surface area (TPSA) is 95.9 Å². The Balaban J connectivity index is 2.15. The second kappa shape index (κ2) is 11.4. The first-order valence-corrected chi connectivity index (χ1v) is 10.8. The van der Waals surface area contributed by atoms with Crippen LogP contribution in [0.4, 0.5) is 18.0 Å². The number of alkyl carbamates (subject to hydrolysis) is 1. The summed E-state index contributed by atoms with van der Waals surface area (Å²) in [5.74, 6) is -2.28. The summed E-state index contributed by atoms with van der Waals surface area (Å²) in [5, 5.41) is 23.2. The van der Waals surface area contributed by atoms with Gasteiger partial charge in [-0.2, -0.15) is 13.2 Å². The van der Waals surface area contributed by atoms with Crippen molar-refractivity contribution in [2.75, 3.05) is 0 Å². The van der Waals surface area contributed by atoms with Crippen LogP contribution in [0.2, 0.25) is 0 Å². The minimum Gasteiger partial charge on any atom is -0.481 e. The van der Waals surface area contributed by atoms with E-state index < -0.39 is 47.5 Å². The van der Waals surface area contributed by atoms with E-state index in [0.717, 1.165) is 17.7 Å². The van der Waals surface area contributed by atoms with E-state index in [1.54, 1.807) is 32.9 Å². The van der Waals surface area contributed by atoms with E-state index in [9.17, 15) is 33.0 Å². The number of halogens is 3. The summed E-state index contributed by atoms with van der Waals surface area (Å²) in [7, 11) is 0. The second-order valence-corrected chi connectivity index (χ2v) is 9.18. The van der Waals surface area contributed by atoms with Gasteiger partial charge in [-0.1, -0.05) is 42.5 Å². The number of aliphatic carboxylic acids is 1. The minimum atomic E-state index is -4.49. The molecule has 2 aromatic carbocycles. The average molecular weight is 482 g/mol. The third kappa shape index (κ3) is 9.05. The average Bonchev–Trinajstić information content (AvgIpc) is 2.71. The van der Waals surface area contributed by atoms with E-state index in [1.165, 1.54) is 12.1 Å². The van der Waals surface area contributed by atoms with Crippen molar-refractivity contribution in [1.82, 2.24) is 5.32 Å². The molecule has 0 fully saturated rings. The van der Waals surface area contributed by atoms with Gasteiger partial charge in [0.2, 0.25) is 0 Å². The largest absolute Gasteiger partial charge is 0.481 e. The zero-order valence-corrected chi connectivity index (χ0v) is 19.3. The van der Waals surface area contributed by atoms with Crippen LogP contribution in [0.1, 0.15) is 43.9 Å². The number of rotatable bonds is 9. The van der Waals surface area contributed by atoms with Crippen molar-refractivity contribution in [3.8, 4) is 0 Å². The molecule has 9 heteroatoms. The van der Waals surface area contributed by atoms with Crippen molar-refractivity contribution < 1.29 is 37.7 Å². The summed E-state index contributed by atoms with van der Waals surface area (Å²) in [6.45, 7) is 5.08. The number of amides is 1. The van der Waals surface area contributed by atoms with Gasteiger partial charge in [0.05, 0.1) is 23.6 Å². The highest BCUT2D eigenvalue weighted by Gasteiger charge is 2.32. The molecule has 6 nitrogen and oxygen atoms in total. The van der Waals surface area contributed by atoms with Gasteiger partial charge in [-0.05, 0) is 63.3 Å². The number of carbonyl (C=O) groups is 2. The van der Waals surface area contributed by atoms with Crippen LogP contribution in [-0.2, 0) is 28.5 Å². The number of aliphatic hydroxyl groups excluding tert-OH is 1. The number of carbonyl (C=O) groups excluding carboxylic acids is 1. The molecule has 0 aromatic heterocycles. The van der Waals surface area contributed by atoms with Crippen LogP contribution in [0.3, 0.4) is 0 Å². The zero-order chi connectivity index (χ0) is 25.5. The van der Waals surface area contributed by atoms with Crippen LogP contribution in [0.5, 0.6) is 0 Å². The Bertz CT molecular complexity index is 940. The molecule has 0 aliphatic rings. The van der Waals surface area contributed by atoms with Crippen molar-refractivity contribution >= 4 is 12.1 Å². The molecule has 0 aliphatic carbocycles. The molecular weight excluding hydrogens is 451 g/mol. The Labute approximate surface area is 196 Å². The fourth-order valence-corrected chi connectivity index (χ4v) is 3.45. The summed E-state index contributed by atoms with van der Waals surface area (Å²) in [5.41, 5.74) is -0.379. The molecule has 0 aliphatic heterocycles. The fourth-order valence-electron chi connectivity index (χ4n) is 3.45. The van der Waals surface area contributed by atoms with Crippen LogP contribution < -0.4 is 5.32 Å². The molecule has 0 heterocycles. The molecule has 3 atom stereocenters. The monoisotopic (exact) mass is 481 g/mol. The van der Waals surface area contributed by atoms with Crippen LogP contribution in [-0.4, -0.2) is 40.0 Å². The minimum absolute atomic E-state index is 0.0744. The summed E-state index contributed by atoms with van der Waals surface area (Å²) in [6.07, 6.45) is -6.55. The molecule has 0 saturated heterocycles. The first kappa shape index (κ1) is 27.2. The number of hydrogen-bond acceptors (Lipinski definition) is 4. The van der Waals surface area contributed by atoms with Gasteiger partial charge in [0, 0.05) is 0 Å². The summed E-state index contributed by atoms with van der Waals surface area (Å²) in [4.78, 5) is 24.2. The van der Waals surface area contributed by atoms with Gasteiger partial charge < -0.3 is 20.3 Å². The van der Waals surface area contributed by atoms with Gasteiger partial charge >= 0.3 is 18.2 Å². The van der Waals surface area contributed by atoms with Crippen molar-refractivity contribution in [3.63, 3.8) is 0 Å². The molecular formula is C25H30F3NO5. The maximum absolute atomic E-state index is 12.8. The molecule has 0 spiro atoms. The quantitative estimate of drug-likeness (QED) is 0.477. The van der Waals surface area contributed by atoms with E-state index in [4.69, 9.17) is 4.74 Å². The molecule has 2 rings (SSSR count). The molecule has 186 valence electrons. The molecule has 0 bridgehead atoms. The number of benzene rings is 2. The fraction of sp³-hybridized carbons (Fsp3) is 0.440. The first-order chi connectivity index (χ1) is 15.7. The van der Waals surface area contributed by atoms with Gasteiger partial charge in [0.15, 0.2) is 0 Å². The predicted molar refractivity (Wildman–Crippen MR) is 120 cm³/mol. The smallest absolute Gasteiger partial charge is 0.416 e. The van der Waals surface area contributed by atoms with E-state index in [-0.39, 0.29) is 19.3 Å². The molecule has 0 radical (unpaired) electrons. The van der Waals surface area contributed by atoms with E-state index in [2.05, 4.69) is 5.32 Å². The zero-order valence-electron chi connectivity index (χ0n) is 19.3. The highest BCUT2D eigenvalue weighted by atomic mass is 19.4. The highest BCUT2D eigenvalue weighted by molar-refractivity contribution is 5.70. The lowest BCUT2D eigenvalue weighted by molar-refractivity contribution is -0.143. The Morgan fingerprint density at radius 2 is 1.50 bits per heavy atom. The summed E-state index contributed by atoms with van der Waals surface area (Å²) >= 11 is 0. The Hall–Kier alpha value is -3.07. The molecule has 34 heavy (non-hydrogen) atoms. The molecule has 0 saturated carbocycles. The van der Waals surface area contributed by atoms with Gasteiger partial charge in [0.1, 0.15) is 5.60 Å². The standard InChI is InChI=1S/C25H30F3NO5/c1-24(2,3)34-23(33)29-20(14-16-7-5-4-6-8-16)21(30)15-18(22(31)32)13-17-9-11-19(12-10-17)25(26,27)28/h4-12,18,20-21,30H,13-15H2,1-3H3,(H,29,33)(H,31,32)/t18-,20+,21+/m1/s1. The van der Waals surface area contributed by atoms with Crippen molar-refractivity contribution in [1.29, 1.82) is 0 Å². The Kier molecular flexibility index (Phi) is 9.09. The Morgan fingerprint density at radius 3 is 2.00 bits per heavy atom. The third-order valence-corrected chi connectivity index (χ3v) is 5.10. The third-order valence-electron chi connectivity index (χ3n) is 5.10. The lowest BCUT2D eigenvalue weighted by Crippen LogP contribution is -2.47. The van der Waals surface area contributed by atoms with Gasteiger partial charge in [0.25, 0.3) is 0 Å². The van der Waals surface area contributed by atoms with Crippen LogP contribution >= 0.6 is 0 Å². The number of ether oxygens (including phenoxy) is 1. The van der Waals surface area contributed by atoms with Gasteiger partial charge in [-0.25, -0.2) is 4.79 Å². The number of carboxylic acid groups (broad SMARTS) is 1. The lowest BCUT2D eigenvalue weighted by atomic mass is 9.89. The molecule has 1 amide bonds. The van der Waals surface area contributed by atoms with Gasteiger partial charge in [-0.3, -0.25) is 4.79 Å². The maximum Gasteiger partial charge on any atom is 0.416 e. The van der Waals surface area contributed by atoms with Crippen LogP contribution in [0.15, 0.2) is 54.6 Å². The number of carboxylic acids is 1. The SMILES string of the molecule is CC(C)(C)OC(=O)N[C@@H](Cc1ccccc1)[C@@H](O)C[C@@H](Cc1ccc(C(F)(F)F)cc1)C(=O)O. The predicted octanol–water partition coefficient (Wildman–Crippen LogP) is 4.84. The number of aliphatic hydroxyl groups is 1. The van der Waals surface area contributed by atoms with Crippen molar-refractivity contribution in [2.45, 2.75) is 64.0 Å². The maximum atomic E-state index is 12.8. The summed E-state index contributed by atoms with van der Waals surface area (Å²) < 4.78 is 43.6. The highest BCUT2D eigenvalue weighted by Crippen LogP contribution is 2.29.